The predicted octanol–water partition coefficient (Wildman–Crippen LogP) is -0.0354. The van der Waals surface area contributed by atoms with Crippen LogP contribution in [0.1, 0.15) is 39.7 Å². The highest BCUT2D eigenvalue weighted by Crippen LogP contribution is 2.25. The first kappa shape index (κ1) is 23.7. The van der Waals surface area contributed by atoms with Crippen molar-refractivity contribution in [3.05, 3.63) is 29.8 Å². The molecule has 0 radical (unpaired) electrons. The van der Waals surface area contributed by atoms with Gasteiger partial charge in [0.1, 0.15) is 17.7 Å². The molecule has 1 aromatic rings. The van der Waals surface area contributed by atoms with Crippen LogP contribution in [-0.4, -0.2) is 70.9 Å². The fourth-order valence-electron chi connectivity index (χ4n) is 3.46. The third-order valence-electron chi connectivity index (χ3n) is 4.81. The molecule has 3 atom stereocenters. The molecule has 0 aromatic heterocycles. The number of hydrogen-bond donors (Lipinski definition) is 3. The van der Waals surface area contributed by atoms with Crippen LogP contribution < -0.4 is 10.8 Å². The molecule has 1 heterocycles. The van der Waals surface area contributed by atoms with Gasteiger partial charge in [-0.25, -0.2) is 9.59 Å². The Hall–Kier alpha value is -2.59. The van der Waals surface area contributed by atoms with Crippen molar-refractivity contribution in [2.75, 3.05) is 7.11 Å². The van der Waals surface area contributed by atoms with Crippen molar-refractivity contribution in [1.82, 2.24) is 10.2 Å². The zero-order valence-corrected chi connectivity index (χ0v) is 17.9. The summed E-state index contributed by atoms with van der Waals surface area (Å²) in [5.74, 6) is -0.953. The predicted molar refractivity (Wildman–Crippen MR) is 110 cm³/mol. The molecule has 2 amide bonds. The first-order valence-corrected chi connectivity index (χ1v) is 9.77. The smallest absolute Gasteiger partial charge is 0.467 e. The standard InChI is InChI=1S/C20H29BN2O7/c1-12-10-15(22-19(26)30-20(2,3)4)17(24)23(12)16(18(25)29-5)11-13-6-8-14(9-7-13)21(27)28/h6-9,12,15-16,27-28H,10-11H2,1-5H3,(H,22,26)/t12?,15?,16-/m0/s1. The zero-order valence-electron chi connectivity index (χ0n) is 17.9. The molecule has 2 rings (SSSR count). The van der Waals surface area contributed by atoms with E-state index in [0.29, 0.717) is 11.9 Å². The van der Waals surface area contributed by atoms with E-state index >= 15 is 0 Å². The van der Waals surface area contributed by atoms with E-state index in [-0.39, 0.29) is 18.4 Å². The summed E-state index contributed by atoms with van der Waals surface area (Å²) in [6.07, 6.45) is -0.173. The highest BCUT2D eigenvalue weighted by Gasteiger charge is 2.44. The van der Waals surface area contributed by atoms with Crippen molar-refractivity contribution in [1.29, 1.82) is 0 Å². The number of alkyl carbamates (subject to hydrolysis) is 1. The van der Waals surface area contributed by atoms with Crippen LogP contribution in [0.5, 0.6) is 0 Å². The Labute approximate surface area is 176 Å². The van der Waals surface area contributed by atoms with Gasteiger partial charge in [-0.3, -0.25) is 4.79 Å². The number of carbonyl (C=O) groups is 3. The van der Waals surface area contributed by atoms with Gasteiger partial charge in [0.05, 0.1) is 7.11 Å². The van der Waals surface area contributed by atoms with Gasteiger partial charge in [-0.15, -0.1) is 0 Å². The molecule has 10 heteroatoms. The third kappa shape index (κ3) is 5.96. The Bertz CT molecular complexity index is 776. The van der Waals surface area contributed by atoms with E-state index in [0.717, 1.165) is 5.56 Å². The number of nitrogens with one attached hydrogen (secondary N) is 1. The normalized spacial score (nSPS) is 20.0. The summed E-state index contributed by atoms with van der Waals surface area (Å²) >= 11 is 0. The van der Waals surface area contributed by atoms with Crippen LogP contribution in [0, 0.1) is 0 Å². The molecule has 30 heavy (non-hydrogen) atoms. The monoisotopic (exact) mass is 420 g/mol. The van der Waals surface area contributed by atoms with Crippen molar-refractivity contribution >= 4 is 30.6 Å². The van der Waals surface area contributed by atoms with Gasteiger partial charge in [-0.1, -0.05) is 24.3 Å². The molecule has 1 aliphatic heterocycles. The summed E-state index contributed by atoms with van der Waals surface area (Å²) in [5, 5.41) is 21.0. The minimum Gasteiger partial charge on any atom is -0.467 e. The fourth-order valence-corrected chi connectivity index (χ4v) is 3.46. The average Bonchev–Trinajstić information content (AvgIpc) is 2.91. The van der Waals surface area contributed by atoms with Gasteiger partial charge in [0.25, 0.3) is 0 Å². The van der Waals surface area contributed by atoms with E-state index in [2.05, 4.69) is 5.32 Å². The summed E-state index contributed by atoms with van der Waals surface area (Å²) in [6.45, 7) is 6.99. The van der Waals surface area contributed by atoms with Gasteiger partial charge >= 0.3 is 19.2 Å². The number of nitrogens with zero attached hydrogens (tertiary/aromatic N) is 1. The molecule has 1 aliphatic rings. The van der Waals surface area contributed by atoms with Crippen molar-refractivity contribution in [2.45, 2.75) is 64.3 Å². The second-order valence-electron chi connectivity index (χ2n) is 8.39. The molecule has 0 bridgehead atoms. The van der Waals surface area contributed by atoms with E-state index in [9.17, 15) is 24.4 Å². The molecule has 0 spiro atoms. The number of hydrogen-bond acceptors (Lipinski definition) is 7. The van der Waals surface area contributed by atoms with Crippen LogP contribution in [0.4, 0.5) is 4.79 Å². The lowest BCUT2D eigenvalue weighted by Gasteiger charge is -2.30. The van der Waals surface area contributed by atoms with Crippen molar-refractivity contribution < 1.29 is 33.9 Å². The molecule has 1 aromatic carbocycles. The number of esters is 1. The Kier molecular flexibility index (Phi) is 7.49. The quantitative estimate of drug-likeness (QED) is 0.436. The Morgan fingerprint density at radius 2 is 1.87 bits per heavy atom. The lowest BCUT2D eigenvalue weighted by molar-refractivity contribution is -0.152. The zero-order chi connectivity index (χ0) is 22.6. The first-order chi connectivity index (χ1) is 13.9. The van der Waals surface area contributed by atoms with Crippen molar-refractivity contribution in [2.24, 2.45) is 0 Å². The van der Waals surface area contributed by atoms with Crippen LogP contribution >= 0.6 is 0 Å². The molecule has 3 N–H and O–H groups in total. The van der Waals surface area contributed by atoms with Gasteiger partial charge in [-0.2, -0.15) is 0 Å². The number of likely N-dealkylation sites (tertiary alicyclic amines) is 1. The maximum Gasteiger partial charge on any atom is 0.488 e. The Balaban J connectivity index is 2.17. The fraction of sp³-hybridized carbons (Fsp3) is 0.550. The molecule has 0 saturated carbocycles. The van der Waals surface area contributed by atoms with E-state index in [1.807, 2.05) is 0 Å². The number of amides is 2. The summed E-state index contributed by atoms with van der Waals surface area (Å²) in [4.78, 5) is 39.0. The van der Waals surface area contributed by atoms with Crippen LogP contribution in [0.3, 0.4) is 0 Å². The third-order valence-corrected chi connectivity index (χ3v) is 4.81. The highest BCUT2D eigenvalue weighted by molar-refractivity contribution is 6.58. The average molecular weight is 420 g/mol. The Morgan fingerprint density at radius 1 is 1.27 bits per heavy atom. The first-order valence-electron chi connectivity index (χ1n) is 9.77. The van der Waals surface area contributed by atoms with E-state index in [1.54, 1.807) is 39.8 Å². The minimum absolute atomic E-state index is 0.184. The number of ether oxygens (including phenoxy) is 2. The summed E-state index contributed by atoms with van der Waals surface area (Å²) in [7, 11) is -0.335. The van der Waals surface area contributed by atoms with Crippen LogP contribution in [-0.2, 0) is 25.5 Å². The molecule has 164 valence electrons. The largest absolute Gasteiger partial charge is 0.488 e. The maximum absolute atomic E-state index is 13.0. The molecule has 1 fully saturated rings. The number of rotatable bonds is 6. The number of carbonyl (C=O) groups excluding carboxylic acids is 3. The van der Waals surface area contributed by atoms with Gasteiger partial charge in [0.15, 0.2) is 0 Å². The highest BCUT2D eigenvalue weighted by atomic mass is 16.6. The molecule has 2 unspecified atom stereocenters. The van der Waals surface area contributed by atoms with Gasteiger partial charge in [-0.05, 0) is 45.1 Å². The minimum atomic E-state index is -1.59. The van der Waals surface area contributed by atoms with Crippen molar-refractivity contribution in [3.8, 4) is 0 Å². The second kappa shape index (κ2) is 9.48. The molecule has 9 nitrogen and oxygen atoms in total. The molecular weight excluding hydrogens is 391 g/mol. The van der Waals surface area contributed by atoms with Gasteiger partial charge in [0.2, 0.25) is 5.91 Å². The summed E-state index contributed by atoms with van der Waals surface area (Å²) < 4.78 is 10.1. The number of methoxy groups -OCH3 is 1. The van der Waals surface area contributed by atoms with Crippen LogP contribution in [0.2, 0.25) is 0 Å². The van der Waals surface area contributed by atoms with Gasteiger partial charge < -0.3 is 29.7 Å². The van der Waals surface area contributed by atoms with E-state index in [4.69, 9.17) is 9.47 Å². The van der Waals surface area contributed by atoms with Crippen LogP contribution in [0.15, 0.2) is 24.3 Å². The van der Waals surface area contributed by atoms with E-state index in [1.165, 1.54) is 24.1 Å². The lowest BCUT2D eigenvalue weighted by Crippen LogP contribution is -2.50. The molecular formula is C20H29BN2O7. The summed E-state index contributed by atoms with van der Waals surface area (Å²) in [5.41, 5.74) is 0.346. The molecule has 0 aliphatic carbocycles. The van der Waals surface area contributed by atoms with E-state index < -0.39 is 36.9 Å². The van der Waals surface area contributed by atoms with Crippen molar-refractivity contribution in [3.63, 3.8) is 0 Å². The second-order valence-corrected chi connectivity index (χ2v) is 8.39. The SMILES string of the molecule is COC(=O)[C@H](Cc1ccc(B(O)O)cc1)N1C(=O)C(NC(=O)OC(C)(C)C)CC1C. The van der Waals surface area contributed by atoms with Gasteiger partial charge in [0, 0.05) is 12.5 Å². The van der Waals surface area contributed by atoms with Crippen LogP contribution in [0.25, 0.3) is 0 Å². The topological polar surface area (TPSA) is 125 Å². The Morgan fingerprint density at radius 3 is 2.37 bits per heavy atom. The number of benzene rings is 1. The summed E-state index contributed by atoms with van der Waals surface area (Å²) in [6, 6.07) is 4.41. The molecule has 1 saturated heterocycles. The lowest BCUT2D eigenvalue weighted by atomic mass is 9.80. The maximum atomic E-state index is 13.0.